The first-order valence-corrected chi connectivity index (χ1v) is 8.36. The van der Waals surface area contributed by atoms with E-state index in [9.17, 15) is 4.79 Å². The molecule has 2 saturated heterocycles. The molecule has 8 heteroatoms. The van der Waals surface area contributed by atoms with Gasteiger partial charge >= 0.3 is 0 Å². The van der Waals surface area contributed by atoms with Crippen LogP contribution in [0, 0.1) is 0 Å². The normalized spacial score (nSPS) is 22.7. The van der Waals surface area contributed by atoms with Crippen molar-refractivity contribution in [2.75, 3.05) is 50.9 Å². The molecular formula is C14H17BrClN3O3. The first kappa shape index (κ1) is 16.0. The van der Waals surface area contributed by atoms with Gasteiger partial charge in [0.2, 0.25) is 0 Å². The van der Waals surface area contributed by atoms with Gasteiger partial charge in [-0.3, -0.25) is 4.79 Å². The van der Waals surface area contributed by atoms with Crippen LogP contribution in [0.3, 0.4) is 0 Å². The molecule has 1 aromatic rings. The number of nitrogens with zero attached hydrogens (tertiary/aromatic N) is 3. The number of hydrogen-bond donors (Lipinski definition) is 0. The van der Waals surface area contributed by atoms with Crippen LogP contribution in [0.5, 0.6) is 0 Å². The van der Waals surface area contributed by atoms with E-state index in [1.165, 1.54) is 0 Å². The molecule has 3 heterocycles. The van der Waals surface area contributed by atoms with E-state index >= 15 is 0 Å². The zero-order chi connectivity index (χ0) is 15.5. The summed E-state index contributed by atoms with van der Waals surface area (Å²) in [6.45, 7) is 4.02. The van der Waals surface area contributed by atoms with Crippen LogP contribution in [-0.2, 0) is 14.3 Å². The minimum Gasteiger partial charge on any atom is -0.378 e. The fraction of sp³-hybridized carbons (Fsp3) is 0.571. The molecule has 2 fully saturated rings. The van der Waals surface area contributed by atoms with Gasteiger partial charge in [0.05, 0.1) is 31.4 Å². The van der Waals surface area contributed by atoms with E-state index in [1.807, 2.05) is 4.90 Å². The second-order valence-corrected chi connectivity index (χ2v) is 6.52. The van der Waals surface area contributed by atoms with Gasteiger partial charge in [-0.15, -0.1) is 0 Å². The molecule has 1 amide bonds. The predicted octanol–water partition coefficient (Wildman–Crippen LogP) is 1.56. The van der Waals surface area contributed by atoms with Gasteiger partial charge in [0, 0.05) is 30.3 Å². The summed E-state index contributed by atoms with van der Waals surface area (Å²) in [5.74, 6) is 0.703. The summed E-state index contributed by atoms with van der Waals surface area (Å²) in [5, 5.41) is 0.564. The molecule has 22 heavy (non-hydrogen) atoms. The SMILES string of the molecule is O=C(C1CN(c2ncc(Br)cc2Cl)CCO1)N1CCOCC1. The quantitative estimate of drug-likeness (QED) is 0.767. The molecule has 0 N–H and O–H groups in total. The molecule has 0 spiro atoms. The zero-order valence-electron chi connectivity index (χ0n) is 12.0. The van der Waals surface area contributed by atoms with Crippen LogP contribution in [0.2, 0.25) is 5.02 Å². The summed E-state index contributed by atoms with van der Waals surface area (Å²) in [7, 11) is 0. The number of halogens is 2. The first-order chi connectivity index (χ1) is 10.6. The Hall–Kier alpha value is -0.890. The highest BCUT2D eigenvalue weighted by Gasteiger charge is 2.32. The molecule has 2 aliphatic heterocycles. The Morgan fingerprint density at radius 3 is 2.82 bits per heavy atom. The largest absolute Gasteiger partial charge is 0.378 e. The van der Waals surface area contributed by atoms with Crippen LogP contribution in [0.4, 0.5) is 5.82 Å². The number of amides is 1. The van der Waals surface area contributed by atoms with Crippen LogP contribution in [-0.4, -0.2) is 67.9 Å². The van der Waals surface area contributed by atoms with Crippen molar-refractivity contribution in [3.05, 3.63) is 21.8 Å². The smallest absolute Gasteiger partial charge is 0.253 e. The molecule has 1 aromatic heterocycles. The number of carbonyl (C=O) groups is 1. The van der Waals surface area contributed by atoms with E-state index in [2.05, 4.69) is 20.9 Å². The van der Waals surface area contributed by atoms with Crippen LogP contribution >= 0.6 is 27.5 Å². The number of pyridine rings is 1. The Morgan fingerprint density at radius 2 is 2.09 bits per heavy atom. The lowest BCUT2D eigenvalue weighted by Crippen LogP contribution is -2.53. The molecule has 1 atom stereocenters. The summed E-state index contributed by atoms with van der Waals surface area (Å²) in [4.78, 5) is 20.7. The average Bonchev–Trinajstić information content (AvgIpc) is 2.55. The van der Waals surface area contributed by atoms with Crippen molar-refractivity contribution >= 4 is 39.3 Å². The Bertz CT molecular complexity index is 554. The summed E-state index contributed by atoms with van der Waals surface area (Å²) in [5.41, 5.74) is 0. The van der Waals surface area contributed by atoms with E-state index in [0.717, 1.165) is 4.47 Å². The maximum Gasteiger partial charge on any atom is 0.253 e. The lowest BCUT2D eigenvalue weighted by Gasteiger charge is -2.36. The molecule has 1 unspecified atom stereocenters. The van der Waals surface area contributed by atoms with Crippen molar-refractivity contribution < 1.29 is 14.3 Å². The van der Waals surface area contributed by atoms with Crippen molar-refractivity contribution in [1.29, 1.82) is 0 Å². The Kier molecular flexibility index (Phi) is 5.18. The number of anilines is 1. The molecule has 0 aromatic carbocycles. The Labute approximate surface area is 142 Å². The van der Waals surface area contributed by atoms with Crippen LogP contribution in [0.15, 0.2) is 16.7 Å². The maximum absolute atomic E-state index is 12.5. The van der Waals surface area contributed by atoms with E-state index < -0.39 is 6.10 Å². The molecule has 0 bridgehead atoms. The molecule has 3 rings (SSSR count). The molecule has 0 radical (unpaired) electrons. The number of ether oxygens (including phenoxy) is 2. The second-order valence-electron chi connectivity index (χ2n) is 5.20. The molecule has 0 aliphatic carbocycles. The topological polar surface area (TPSA) is 54.9 Å². The van der Waals surface area contributed by atoms with Gasteiger partial charge in [0.1, 0.15) is 5.82 Å². The van der Waals surface area contributed by atoms with Crippen molar-refractivity contribution in [2.24, 2.45) is 0 Å². The summed E-state index contributed by atoms with van der Waals surface area (Å²) >= 11 is 9.60. The van der Waals surface area contributed by atoms with Crippen molar-refractivity contribution in [3.63, 3.8) is 0 Å². The zero-order valence-corrected chi connectivity index (χ0v) is 14.3. The fourth-order valence-electron chi connectivity index (χ4n) is 2.62. The standard InChI is InChI=1S/C14H17BrClN3O3/c15-10-7-11(16)13(17-8-10)19-3-6-22-12(9-19)14(20)18-1-4-21-5-2-18/h7-8,12H,1-6,9H2. The van der Waals surface area contributed by atoms with Crippen LogP contribution < -0.4 is 4.90 Å². The van der Waals surface area contributed by atoms with Gasteiger partial charge in [-0.05, 0) is 22.0 Å². The van der Waals surface area contributed by atoms with Gasteiger partial charge in [-0.2, -0.15) is 0 Å². The van der Waals surface area contributed by atoms with Crippen molar-refractivity contribution in [3.8, 4) is 0 Å². The highest BCUT2D eigenvalue weighted by molar-refractivity contribution is 9.10. The van der Waals surface area contributed by atoms with Gasteiger partial charge in [-0.25, -0.2) is 4.98 Å². The van der Waals surface area contributed by atoms with Gasteiger partial charge in [0.15, 0.2) is 6.10 Å². The Morgan fingerprint density at radius 1 is 1.32 bits per heavy atom. The summed E-state index contributed by atoms with van der Waals surface area (Å²) in [6, 6.07) is 1.80. The third kappa shape index (κ3) is 3.53. The number of aromatic nitrogens is 1. The van der Waals surface area contributed by atoms with Crippen LogP contribution in [0.25, 0.3) is 0 Å². The fourth-order valence-corrected chi connectivity index (χ4v) is 3.37. The second kappa shape index (κ2) is 7.12. The van der Waals surface area contributed by atoms with Gasteiger partial charge in [-0.1, -0.05) is 11.6 Å². The van der Waals surface area contributed by atoms with Crippen molar-refractivity contribution in [2.45, 2.75) is 6.10 Å². The third-order valence-corrected chi connectivity index (χ3v) is 4.46. The highest BCUT2D eigenvalue weighted by atomic mass is 79.9. The number of hydrogen-bond acceptors (Lipinski definition) is 5. The maximum atomic E-state index is 12.5. The van der Waals surface area contributed by atoms with Gasteiger partial charge in [0.25, 0.3) is 5.91 Å². The van der Waals surface area contributed by atoms with E-state index in [-0.39, 0.29) is 5.91 Å². The lowest BCUT2D eigenvalue weighted by molar-refractivity contribution is -0.148. The van der Waals surface area contributed by atoms with E-state index in [1.54, 1.807) is 17.2 Å². The molecular weight excluding hydrogens is 374 g/mol. The Balaban J connectivity index is 1.69. The third-order valence-electron chi connectivity index (χ3n) is 3.75. The number of morpholine rings is 2. The first-order valence-electron chi connectivity index (χ1n) is 7.19. The highest BCUT2D eigenvalue weighted by Crippen LogP contribution is 2.27. The molecule has 120 valence electrons. The predicted molar refractivity (Wildman–Crippen MR) is 86.3 cm³/mol. The number of carbonyl (C=O) groups excluding carboxylic acids is 1. The van der Waals surface area contributed by atoms with E-state index in [4.69, 9.17) is 21.1 Å². The van der Waals surface area contributed by atoms with Gasteiger partial charge < -0.3 is 19.3 Å². The summed E-state index contributed by atoms with van der Waals surface area (Å²) in [6.07, 6.45) is 1.23. The molecule has 2 aliphatic rings. The van der Waals surface area contributed by atoms with Crippen LogP contribution in [0.1, 0.15) is 0 Å². The monoisotopic (exact) mass is 389 g/mol. The molecule has 0 saturated carbocycles. The lowest BCUT2D eigenvalue weighted by atomic mass is 10.2. The number of rotatable bonds is 2. The molecule has 6 nitrogen and oxygen atoms in total. The average molecular weight is 391 g/mol. The van der Waals surface area contributed by atoms with E-state index in [0.29, 0.717) is 56.8 Å². The minimum absolute atomic E-state index is 0.0150. The van der Waals surface area contributed by atoms with Crippen molar-refractivity contribution in [1.82, 2.24) is 9.88 Å². The minimum atomic E-state index is -0.478. The summed E-state index contributed by atoms with van der Waals surface area (Å²) < 4.78 is 11.8.